The van der Waals surface area contributed by atoms with Crippen molar-refractivity contribution in [3.05, 3.63) is 59.7 Å². The van der Waals surface area contributed by atoms with Crippen LogP contribution in [0.15, 0.2) is 53.4 Å². The van der Waals surface area contributed by atoms with Crippen LogP contribution in [0.5, 0.6) is 0 Å². The van der Waals surface area contributed by atoms with Crippen LogP contribution in [-0.2, 0) is 19.6 Å². The zero-order valence-electron chi connectivity index (χ0n) is 18.7. The Morgan fingerprint density at radius 1 is 0.903 bits per heavy atom. The molecule has 0 aliphatic carbocycles. The molecule has 2 aromatic rings. The van der Waals surface area contributed by atoms with Gasteiger partial charge < -0.3 is 9.64 Å². The lowest BCUT2D eigenvalue weighted by atomic mass is 10.2. The molecule has 2 rings (SSSR count). The van der Waals surface area contributed by atoms with E-state index in [9.17, 15) is 18.0 Å². The topological polar surface area (TPSA) is 92.8 Å². The summed E-state index contributed by atoms with van der Waals surface area (Å²) in [5.41, 5.74) is 1.44. The highest BCUT2D eigenvalue weighted by molar-refractivity contribution is 7.92. The molecule has 0 aliphatic heterocycles. The molecule has 0 radical (unpaired) electrons. The van der Waals surface area contributed by atoms with Crippen molar-refractivity contribution in [2.24, 2.45) is 0 Å². The Bertz CT molecular complexity index is 1020. The van der Waals surface area contributed by atoms with E-state index in [2.05, 4.69) is 4.72 Å². The molecule has 1 N–H and O–H groups in total. The van der Waals surface area contributed by atoms with Crippen LogP contribution in [0.3, 0.4) is 0 Å². The van der Waals surface area contributed by atoms with Gasteiger partial charge >= 0.3 is 5.97 Å². The van der Waals surface area contributed by atoms with Crippen LogP contribution in [0, 0.1) is 6.92 Å². The molecule has 0 aliphatic rings. The Hall–Kier alpha value is -2.87. The highest BCUT2D eigenvalue weighted by Crippen LogP contribution is 2.20. The third-order valence-electron chi connectivity index (χ3n) is 4.79. The van der Waals surface area contributed by atoms with Crippen molar-refractivity contribution < 1.29 is 22.7 Å². The number of carbonyl (C=O) groups excluding carboxylic acids is 2. The quantitative estimate of drug-likeness (QED) is 0.619. The van der Waals surface area contributed by atoms with Crippen LogP contribution in [0.1, 0.15) is 50.5 Å². The van der Waals surface area contributed by atoms with Crippen molar-refractivity contribution in [2.75, 3.05) is 4.72 Å². The van der Waals surface area contributed by atoms with Gasteiger partial charge in [0.25, 0.3) is 15.9 Å². The number of carbonyl (C=O) groups is 2. The Kier molecular flexibility index (Phi) is 7.84. The first-order valence-electron chi connectivity index (χ1n) is 10.2. The number of nitrogens with one attached hydrogen (secondary N) is 1. The zero-order chi connectivity index (χ0) is 23.3. The van der Waals surface area contributed by atoms with Crippen LogP contribution >= 0.6 is 0 Å². The predicted octanol–water partition coefficient (Wildman–Crippen LogP) is 3.99. The molecular formula is C23H30N2O5S. The van der Waals surface area contributed by atoms with E-state index in [0.29, 0.717) is 5.69 Å². The molecule has 0 saturated carbocycles. The van der Waals surface area contributed by atoms with E-state index in [1.165, 1.54) is 31.2 Å². The van der Waals surface area contributed by atoms with Gasteiger partial charge in [0, 0.05) is 12.1 Å². The summed E-state index contributed by atoms with van der Waals surface area (Å²) in [5.74, 6) is -0.968. The second-order valence-electron chi connectivity index (χ2n) is 7.93. The second kappa shape index (κ2) is 9.96. The highest BCUT2D eigenvalue weighted by atomic mass is 32.2. The van der Waals surface area contributed by atoms with Gasteiger partial charge in [-0.2, -0.15) is 0 Å². The van der Waals surface area contributed by atoms with Crippen molar-refractivity contribution in [2.45, 2.75) is 64.6 Å². The molecule has 0 saturated heterocycles. The lowest BCUT2D eigenvalue weighted by Gasteiger charge is -2.32. The maximum atomic E-state index is 12.6. The Balaban J connectivity index is 2.11. The van der Waals surface area contributed by atoms with E-state index in [1.54, 1.807) is 30.0 Å². The lowest BCUT2D eigenvalue weighted by Crippen LogP contribution is -2.47. The number of hydrogen-bond acceptors (Lipinski definition) is 5. The van der Waals surface area contributed by atoms with Crippen molar-refractivity contribution in [3.63, 3.8) is 0 Å². The molecular weight excluding hydrogens is 416 g/mol. The van der Waals surface area contributed by atoms with Gasteiger partial charge in [-0.05, 0) is 77.4 Å². The summed E-state index contributed by atoms with van der Waals surface area (Å²) in [6.45, 7) is 10.9. The number of ether oxygens (including phenoxy) is 1. The predicted molar refractivity (Wildman–Crippen MR) is 120 cm³/mol. The van der Waals surface area contributed by atoms with Gasteiger partial charge in [0.05, 0.1) is 16.1 Å². The number of sulfonamides is 1. The van der Waals surface area contributed by atoms with E-state index >= 15 is 0 Å². The minimum absolute atomic E-state index is 0.0159. The number of esters is 1. The number of para-hydroxylation sites is 1. The van der Waals surface area contributed by atoms with Crippen LogP contribution in [-0.4, -0.2) is 43.4 Å². The fourth-order valence-electron chi connectivity index (χ4n) is 3.26. The van der Waals surface area contributed by atoms with Crippen LogP contribution in [0.2, 0.25) is 0 Å². The number of anilines is 1. The maximum Gasteiger partial charge on any atom is 0.338 e. The van der Waals surface area contributed by atoms with Gasteiger partial charge in [-0.25, -0.2) is 13.2 Å². The molecule has 0 fully saturated rings. The number of benzene rings is 2. The summed E-state index contributed by atoms with van der Waals surface area (Å²) >= 11 is 0. The average molecular weight is 447 g/mol. The molecule has 7 nitrogen and oxygen atoms in total. The molecule has 2 aromatic carbocycles. The van der Waals surface area contributed by atoms with Crippen LogP contribution in [0.25, 0.3) is 0 Å². The normalized spacial score (nSPS) is 12.5. The molecule has 168 valence electrons. The molecule has 0 heterocycles. The smallest absolute Gasteiger partial charge is 0.338 e. The first-order valence-corrected chi connectivity index (χ1v) is 11.6. The van der Waals surface area contributed by atoms with E-state index in [1.807, 2.05) is 33.8 Å². The highest BCUT2D eigenvalue weighted by Gasteiger charge is 2.28. The first kappa shape index (κ1) is 24.4. The number of rotatable bonds is 8. The summed E-state index contributed by atoms with van der Waals surface area (Å²) in [5, 5.41) is 0. The minimum atomic E-state index is -3.81. The monoisotopic (exact) mass is 446 g/mol. The molecule has 0 bridgehead atoms. The first-order chi connectivity index (χ1) is 14.4. The second-order valence-corrected chi connectivity index (χ2v) is 9.61. The Labute approximate surface area is 184 Å². The van der Waals surface area contributed by atoms with Gasteiger partial charge in [-0.1, -0.05) is 18.2 Å². The molecule has 31 heavy (non-hydrogen) atoms. The van der Waals surface area contributed by atoms with Crippen LogP contribution in [0.4, 0.5) is 5.69 Å². The van der Waals surface area contributed by atoms with E-state index < -0.39 is 22.1 Å². The van der Waals surface area contributed by atoms with Gasteiger partial charge in [-0.15, -0.1) is 0 Å². The Morgan fingerprint density at radius 3 is 1.97 bits per heavy atom. The maximum absolute atomic E-state index is 12.6. The summed E-state index contributed by atoms with van der Waals surface area (Å²) < 4.78 is 33.1. The van der Waals surface area contributed by atoms with Crippen molar-refractivity contribution >= 4 is 27.6 Å². The average Bonchev–Trinajstić information content (AvgIpc) is 2.69. The number of amides is 1. The molecule has 0 spiro atoms. The van der Waals surface area contributed by atoms with Crippen molar-refractivity contribution in [1.82, 2.24) is 4.90 Å². The van der Waals surface area contributed by atoms with Crippen molar-refractivity contribution in [1.29, 1.82) is 0 Å². The van der Waals surface area contributed by atoms with Crippen molar-refractivity contribution in [3.8, 4) is 0 Å². The SMILES string of the molecule is Cc1ccccc1NS(=O)(=O)c1ccc(C(=O)O[C@H](C)C(=O)N(C(C)C)C(C)C)cc1. The number of nitrogens with zero attached hydrogens (tertiary/aromatic N) is 1. The third kappa shape index (κ3) is 6.07. The number of aryl methyl sites for hydroxylation is 1. The summed E-state index contributed by atoms with van der Waals surface area (Å²) in [4.78, 5) is 26.8. The summed E-state index contributed by atoms with van der Waals surface area (Å²) in [6.07, 6.45) is -0.955. The van der Waals surface area contributed by atoms with Gasteiger partial charge in [0.1, 0.15) is 0 Å². The largest absolute Gasteiger partial charge is 0.449 e. The summed E-state index contributed by atoms with van der Waals surface area (Å²) in [7, 11) is -3.81. The third-order valence-corrected chi connectivity index (χ3v) is 6.17. The zero-order valence-corrected chi connectivity index (χ0v) is 19.6. The van der Waals surface area contributed by atoms with E-state index in [-0.39, 0.29) is 28.4 Å². The molecule has 1 atom stereocenters. The Morgan fingerprint density at radius 2 is 1.45 bits per heavy atom. The minimum Gasteiger partial charge on any atom is -0.449 e. The van der Waals surface area contributed by atoms with Gasteiger partial charge in [0.2, 0.25) is 0 Å². The van der Waals surface area contributed by atoms with Crippen LogP contribution < -0.4 is 4.72 Å². The summed E-state index contributed by atoms with van der Waals surface area (Å²) in [6, 6.07) is 12.4. The van der Waals surface area contributed by atoms with E-state index in [4.69, 9.17) is 4.74 Å². The van der Waals surface area contributed by atoms with Gasteiger partial charge in [0.15, 0.2) is 6.10 Å². The fraction of sp³-hybridized carbons (Fsp3) is 0.391. The lowest BCUT2D eigenvalue weighted by molar-refractivity contribution is -0.143. The van der Waals surface area contributed by atoms with Gasteiger partial charge in [-0.3, -0.25) is 9.52 Å². The number of hydrogen-bond donors (Lipinski definition) is 1. The standard InChI is InChI=1S/C23H30N2O5S/c1-15(2)25(16(3)4)22(26)18(6)30-23(27)19-11-13-20(14-12-19)31(28,29)24-21-10-8-7-9-17(21)5/h7-16,18,24H,1-6H3/t18-/m1/s1. The molecule has 1 amide bonds. The molecule has 0 aromatic heterocycles. The fourth-order valence-corrected chi connectivity index (χ4v) is 4.39. The molecule has 0 unspecified atom stereocenters. The molecule has 8 heteroatoms. The van der Waals surface area contributed by atoms with E-state index in [0.717, 1.165) is 5.56 Å².